The van der Waals surface area contributed by atoms with Crippen molar-refractivity contribution in [1.82, 2.24) is 19.6 Å². The number of nitrogens with zero attached hydrogens (tertiary/aromatic N) is 4. The molecule has 0 aliphatic carbocycles. The molecule has 3 rings (SSSR count). The van der Waals surface area contributed by atoms with Crippen molar-refractivity contribution < 1.29 is 0 Å². The first-order chi connectivity index (χ1) is 8.24. The first kappa shape index (κ1) is 10.0. The summed E-state index contributed by atoms with van der Waals surface area (Å²) in [5.41, 5.74) is 3.07. The van der Waals surface area contributed by atoms with E-state index in [9.17, 15) is 0 Å². The molecule has 3 aromatic heterocycles. The summed E-state index contributed by atoms with van der Waals surface area (Å²) >= 11 is 0. The normalized spacial score (nSPS) is 10.9. The Kier molecular flexibility index (Phi) is 2.18. The molecule has 2 radical (unpaired) electrons. The van der Waals surface area contributed by atoms with Gasteiger partial charge in [-0.15, -0.1) is 5.10 Å². The van der Waals surface area contributed by atoms with Crippen molar-refractivity contribution >= 4 is 19.0 Å². The van der Waals surface area contributed by atoms with E-state index in [1.807, 2.05) is 37.4 Å². The van der Waals surface area contributed by atoms with E-state index in [4.69, 9.17) is 7.85 Å². The second-order valence-electron chi connectivity index (χ2n) is 3.81. The molecule has 17 heavy (non-hydrogen) atoms. The molecule has 0 aliphatic rings. The Morgan fingerprint density at radius 3 is 2.82 bits per heavy atom. The van der Waals surface area contributed by atoms with Crippen LogP contribution in [0.4, 0.5) is 0 Å². The van der Waals surface area contributed by atoms with Crippen LogP contribution < -0.4 is 5.59 Å². The molecule has 0 N–H and O–H groups in total. The molecule has 0 atom stereocenters. The number of fused-ring (bicyclic) bond motifs is 1. The molecule has 3 aromatic rings. The van der Waals surface area contributed by atoms with Crippen molar-refractivity contribution in [2.24, 2.45) is 0 Å². The number of aryl methyl sites for hydroxylation is 1. The maximum Gasteiger partial charge on any atom is 0.198 e. The van der Waals surface area contributed by atoms with Crippen molar-refractivity contribution in [2.75, 3.05) is 0 Å². The quantitative estimate of drug-likeness (QED) is 0.572. The van der Waals surface area contributed by atoms with Gasteiger partial charge in [0.1, 0.15) is 13.5 Å². The van der Waals surface area contributed by atoms with Gasteiger partial charge >= 0.3 is 0 Å². The Bertz CT molecular complexity index is 690. The van der Waals surface area contributed by atoms with Gasteiger partial charge in [-0.25, -0.2) is 9.50 Å². The van der Waals surface area contributed by atoms with Gasteiger partial charge in [-0.1, -0.05) is 12.1 Å². The summed E-state index contributed by atoms with van der Waals surface area (Å²) in [6, 6.07) is 9.35. The van der Waals surface area contributed by atoms with Crippen LogP contribution in [-0.2, 0) is 0 Å². The van der Waals surface area contributed by atoms with E-state index >= 15 is 0 Å². The molecule has 0 bridgehead atoms. The summed E-state index contributed by atoms with van der Waals surface area (Å²) in [6.07, 6.45) is 1.89. The fourth-order valence-electron chi connectivity index (χ4n) is 1.77. The lowest BCUT2D eigenvalue weighted by Gasteiger charge is -2.04. The minimum absolute atomic E-state index is 0.469. The van der Waals surface area contributed by atoms with Crippen molar-refractivity contribution in [3.63, 3.8) is 0 Å². The molecule has 4 nitrogen and oxygen atoms in total. The maximum absolute atomic E-state index is 5.65. The molecule has 5 heteroatoms. The molecule has 0 saturated carbocycles. The summed E-state index contributed by atoms with van der Waals surface area (Å²) in [5.74, 6) is 0.582. The first-order valence-corrected chi connectivity index (χ1v) is 5.29. The van der Waals surface area contributed by atoms with E-state index in [0.717, 1.165) is 11.2 Å². The van der Waals surface area contributed by atoms with E-state index in [-0.39, 0.29) is 0 Å². The molecular formula is C12H9BN4. The van der Waals surface area contributed by atoms with Gasteiger partial charge in [-0.05, 0) is 30.7 Å². The van der Waals surface area contributed by atoms with Gasteiger partial charge in [0.25, 0.3) is 0 Å². The number of aromatic nitrogens is 4. The summed E-state index contributed by atoms with van der Waals surface area (Å²) in [6.45, 7) is 1.95. The van der Waals surface area contributed by atoms with Crippen LogP contribution in [0.5, 0.6) is 0 Å². The lowest BCUT2D eigenvalue weighted by molar-refractivity contribution is 0.893. The van der Waals surface area contributed by atoms with Crippen LogP contribution in [0.15, 0.2) is 36.5 Å². The Labute approximate surface area is 99.8 Å². The zero-order valence-electron chi connectivity index (χ0n) is 9.33. The van der Waals surface area contributed by atoms with Gasteiger partial charge in [-0.2, -0.15) is 0 Å². The van der Waals surface area contributed by atoms with E-state index < -0.39 is 0 Å². The lowest BCUT2D eigenvalue weighted by atomic mass is 10.0. The Morgan fingerprint density at radius 1 is 1.12 bits per heavy atom. The van der Waals surface area contributed by atoms with Crippen LogP contribution in [0.25, 0.3) is 17.0 Å². The fraction of sp³-hybridized carbons (Fsp3) is 0.0833. The van der Waals surface area contributed by atoms with Gasteiger partial charge in [0.05, 0.1) is 11.2 Å². The molecule has 0 aliphatic heterocycles. The molecular weight excluding hydrogens is 211 g/mol. The molecule has 0 aromatic carbocycles. The second kappa shape index (κ2) is 3.70. The van der Waals surface area contributed by atoms with Crippen LogP contribution in [0.2, 0.25) is 0 Å². The second-order valence-corrected chi connectivity index (χ2v) is 3.81. The predicted molar refractivity (Wildman–Crippen MR) is 66.3 cm³/mol. The van der Waals surface area contributed by atoms with Gasteiger partial charge in [0.15, 0.2) is 5.82 Å². The van der Waals surface area contributed by atoms with Crippen molar-refractivity contribution in [3.8, 4) is 11.5 Å². The minimum atomic E-state index is 0.469. The minimum Gasteiger partial charge on any atom is -0.261 e. The third-order valence-corrected chi connectivity index (χ3v) is 2.57. The number of pyridine rings is 1. The lowest BCUT2D eigenvalue weighted by Crippen LogP contribution is -2.09. The number of rotatable bonds is 1. The van der Waals surface area contributed by atoms with Crippen LogP contribution in [0, 0.1) is 6.92 Å². The van der Waals surface area contributed by atoms with Crippen molar-refractivity contribution in [2.45, 2.75) is 6.92 Å². The average Bonchev–Trinajstić information content (AvgIpc) is 2.77. The fourth-order valence-corrected chi connectivity index (χ4v) is 1.77. The third-order valence-electron chi connectivity index (χ3n) is 2.57. The molecule has 3 heterocycles. The standard InChI is InChI=1S/C12H9BN4/c1-8-10-5-3-7-17(10)16-12(14-8)9-4-2-6-11(13)15-9/h2-7H,1H3. The molecule has 0 fully saturated rings. The Balaban J connectivity index is 2.23. The molecule has 0 spiro atoms. The maximum atomic E-state index is 5.65. The molecule has 0 amide bonds. The smallest absolute Gasteiger partial charge is 0.198 e. The zero-order valence-corrected chi connectivity index (χ0v) is 9.33. The molecule has 80 valence electrons. The zero-order chi connectivity index (χ0) is 11.8. The van der Waals surface area contributed by atoms with Gasteiger partial charge in [0, 0.05) is 6.20 Å². The SMILES string of the molecule is [B]c1cccc(-c2nc(C)c3cccn3n2)n1. The first-order valence-electron chi connectivity index (χ1n) is 5.29. The third kappa shape index (κ3) is 1.69. The van der Waals surface area contributed by atoms with Gasteiger partial charge in [0.2, 0.25) is 0 Å². The summed E-state index contributed by atoms with van der Waals surface area (Å²) in [7, 11) is 5.65. The summed E-state index contributed by atoms with van der Waals surface area (Å²) in [5, 5.41) is 4.39. The van der Waals surface area contributed by atoms with Gasteiger partial charge in [-0.3, -0.25) is 4.98 Å². The summed E-state index contributed by atoms with van der Waals surface area (Å²) < 4.78 is 1.79. The predicted octanol–water partition coefficient (Wildman–Crippen LogP) is 0.894. The number of hydrogen-bond donors (Lipinski definition) is 0. The monoisotopic (exact) mass is 220 g/mol. The highest BCUT2D eigenvalue weighted by atomic mass is 15.2. The van der Waals surface area contributed by atoms with E-state index in [0.29, 0.717) is 17.1 Å². The largest absolute Gasteiger partial charge is 0.261 e. The molecule has 0 unspecified atom stereocenters. The van der Waals surface area contributed by atoms with Crippen LogP contribution in [-0.4, -0.2) is 27.4 Å². The van der Waals surface area contributed by atoms with E-state index in [1.165, 1.54) is 0 Å². The van der Waals surface area contributed by atoms with Crippen molar-refractivity contribution in [1.29, 1.82) is 0 Å². The molecule has 0 saturated heterocycles. The van der Waals surface area contributed by atoms with Crippen LogP contribution in [0.1, 0.15) is 5.69 Å². The van der Waals surface area contributed by atoms with E-state index in [1.54, 1.807) is 10.6 Å². The van der Waals surface area contributed by atoms with Crippen LogP contribution >= 0.6 is 0 Å². The highest BCUT2D eigenvalue weighted by molar-refractivity contribution is 6.30. The van der Waals surface area contributed by atoms with Crippen LogP contribution in [0.3, 0.4) is 0 Å². The highest BCUT2D eigenvalue weighted by Gasteiger charge is 2.07. The Morgan fingerprint density at radius 2 is 2.00 bits per heavy atom. The highest BCUT2D eigenvalue weighted by Crippen LogP contribution is 2.13. The topological polar surface area (TPSA) is 43.1 Å². The Hall–Kier alpha value is -2.17. The summed E-state index contributed by atoms with van der Waals surface area (Å²) in [4.78, 5) is 8.65. The average molecular weight is 220 g/mol. The van der Waals surface area contributed by atoms with Crippen molar-refractivity contribution in [3.05, 3.63) is 42.2 Å². The van der Waals surface area contributed by atoms with Gasteiger partial charge < -0.3 is 0 Å². The van der Waals surface area contributed by atoms with E-state index in [2.05, 4.69) is 15.1 Å². The number of hydrogen-bond acceptors (Lipinski definition) is 3.